The number of para-hydroxylation sites is 1. The van der Waals surface area contributed by atoms with Crippen molar-refractivity contribution in [2.45, 2.75) is 5.54 Å². The van der Waals surface area contributed by atoms with Crippen molar-refractivity contribution >= 4 is 46.6 Å². The number of carbonyl (C=O) groups is 4. The molecule has 2 aromatic rings. The highest BCUT2D eigenvalue weighted by atomic mass is 35.5. The zero-order valence-electron chi connectivity index (χ0n) is 17.4. The number of ketones is 1. The number of benzene rings is 2. The van der Waals surface area contributed by atoms with Gasteiger partial charge in [0.05, 0.1) is 17.9 Å². The third-order valence-corrected chi connectivity index (χ3v) is 5.99. The van der Waals surface area contributed by atoms with E-state index in [-0.39, 0.29) is 30.0 Å². The van der Waals surface area contributed by atoms with Gasteiger partial charge in [0.15, 0.2) is 5.54 Å². The molecular formula is C23H19ClN2O7. The molecule has 2 heterocycles. The van der Waals surface area contributed by atoms with E-state index in [0.29, 0.717) is 5.02 Å². The number of hydrogen-bond donors (Lipinski definition) is 2. The summed E-state index contributed by atoms with van der Waals surface area (Å²) in [6.07, 6.45) is 0. The Morgan fingerprint density at radius 3 is 2.36 bits per heavy atom. The summed E-state index contributed by atoms with van der Waals surface area (Å²) in [6.45, 7) is -0.823. The molecule has 1 atom stereocenters. The van der Waals surface area contributed by atoms with E-state index in [1.807, 2.05) is 0 Å². The van der Waals surface area contributed by atoms with Gasteiger partial charge < -0.3 is 19.8 Å². The van der Waals surface area contributed by atoms with Crippen LogP contribution in [0.5, 0.6) is 0 Å². The summed E-state index contributed by atoms with van der Waals surface area (Å²) in [4.78, 5) is 53.8. The fraction of sp³-hybridized carbons (Fsp3) is 0.217. The summed E-state index contributed by atoms with van der Waals surface area (Å²) in [5, 5.41) is 21.0. The number of carboxylic acids is 1. The van der Waals surface area contributed by atoms with Crippen molar-refractivity contribution in [3.63, 3.8) is 0 Å². The van der Waals surface area contributed by atoms with E-state index in [9.17, 15) is 29.4 Å². The topological polar surface area (TPSA) is 124 Å². The molecule has 1 saturated heterocycles. The normalized spacial score (nSPS) is 21.2. The van der Waals surface area contributed by atoms with Crippen LogP contribution in [0.15, 0.2) is 54.1 Å². The number of likely N-dealkylation sites (tertiary alicyclic amines) is 1. The number of aliphatic hydroxyl groups excluding tert-OH is 1. The minimum Gasteiger partial charge on any atom is -0.507 e. The number of hydrogen-bond acceptors (Lipinski definition) is 6. The first kappa shape index (κ1) is 22.5. The molecule has 2 aliphatic rings. The number of aliphatic hydroxyl groups is 1. The molecule has 2 aromatic carbocycles. The standard InChI is InChI=1S/C23H19ClN2O7/c1-33-11-10-26-21(31)20(30)18(19(29)13-6-8-14(24)9-7-13)23(26)15-4-2-3-5-16(15)25(22(23)32)12-17(27)28/h2-9,29H,10-12H2,1H3,(H,27,28)/b19-18+. The van der Waals surface area contributed by atoms with Crippen molar-refractivity contribution in [1.29, 1.82) is 0 Å². The highest BCUT2D eigenvalue weighted by Crippen LogP contribution is 2.53. The summed E-state index contributed by atoms with van der Waals surface area (Å²) >= 11 is 5.93. The Balaban J connectivity index is 2.05. The van der Waals surface area contributed by atoms with E-state index in [1.165, 1.54) is 43.5 Å². The molecule has 2 N–H and O–H groups in total. The first-order chi connectivity index (χ1) is 15.7. The minimum atomic E-state index is -2.04. The SMILES string of the molecule is COCCN1C(=O)C(=O)/C(=C(\O)c2ccc(Cl)cc2)C12C(=O)N(CC(=O)O)c1ccccc12. The summed E-state index contributed by atoms with van der Waals surface area (Å²) in [5.41, 5.74) is -1.84. The Morgan fingerprint density at radius 2 is 1.73 bits per heavy atom. The van der Waals surface area contributed by atoms with Crippen LogP contribution >= 0.6 is 11.6 Å². The van der Waals surface area contributed by atoms with Gasteiger partial charge in [-0.1, -0.05) is 29.8 Å². The van der Waals surface area contributed by atoms with Crippen molar-refractivity contribution < 1.29 is 34.1 Å². The number of rotatable bonds is 6. The van der Waals surface area contributed by atoms with Gasteiger partial charge in [-0.2, -0.15) is 0 Å². The summed E-state index contributed by atoms with van der Waals surface area (Å²) < 4.78 is 5.08. The first-order valence-electron chi connectivity index (χ1n) is 9.93. The number of aliphatic carboxylic acids is 1. The molecule has 33 heavy (non-hydrogen) atoms. The summed E-state index contributed by atoms with van der Waals surface area (Å²) in [6, 6.07) is 12.2. The van der Waals surface area contributed by atoms with Gasteiger partial charge >= 0.3 is 5.97 Å². The quantitative estimate of drug-likeness (QED) is 0.376. The molecule has 1 fully saturated rings. The van der Waals surface area contributed by atoms with Crippen LogP contribution < -0.4 is 4.90 Å². The Labute approximate surface area is 193 Å². The number of carbonyl (C=O) groups excluding carboxylic acids is 3. The van der Waals surface area contributed by atoms with Gasteiger partial charge in [-0.15, -0.1) is 0 Å². The number of anilines is 1. The molecule has 0 aromatic heterocycles. The van der Waals surface area contributed by atoms with Gasteiger partial charge in [-0.05, 0) is 30.3 Å². The number of halogens is 1. The zero-order valence-corrected chi connectivity index (χ0v) is 18.2. The molecule has 0 aliphatic carbocycles. The van der Waals surface area contributed by atoms with Crippen molar-refractivity contribution in [2.24, 2.45) is 0 Å². The average Bonchev–Trinajstić information content (AvgIpc) is 3.16. The van der Waals surface area contributed by atoms with Crippen LogP contribution in [-0.2, 0) is 29.5 Å². The second-order valence-electron chi connectivity index (χ2n) is 7.52. The molecule has 4 rings (SSSR count). The predicted octanol–water partition coefficient (Wildman–Crippen LogP) is 1.99. The zero-order chi connectivity index (χ0) is 23.9. The van der Waals surface area contributed by atoms with Crippen molar-refractivity contribution in [1.82, 2.24) is 4.90 Å². The van der Waals surface area contributed by atoms with Crippen molar-refractivity contribution in [2.75, 3.05) is 31.7 Å². The smallest absolute Gasteiger partial charge is 0.323 e. The molecule has 0 bridgehead atoms. The first-order valence-corrected chi connectivity index (χ1v) is 10.3. The van der Waals surface area contributed by atoms with Gasteiger partial charge in [0.25, 0.3) is 17.6 Å². The van der Waals surface area contributed by atoms with Crippen LogP contribution in [0.2, 0.25) is 5.02 Å². The highest BCUT2D eigenvalue weighted by Gasteiger charge is 2.67. The predicted molar refractivity (Wildman–Crippen MR) is 118 cm³/mol. The highest BCUT2D eigenvalue weighted by molar-refractivity contribution is 6.50. The lowest BCUT2D eigenvalue weighted by atomic mass is 9.82. The molecule has 1 unspecified atom stereocenters. The van der Waals surface area contributed by atoms with Crippen LogP contribution in [0.1, 0.15) is 11.1 Å². The molecule has 0 saturated carbocycles. The van der Waals surface area contributed by atoms with Crippen LogP contribution in [0.25, 0.3) is 5.76 Å². The van der Waals surface area contributed by atoms with Crippen molar-refractivity contribution in [3.05, 3.63) is 70.3 Å². The molecule has 0 radical (unpaired) electrons. The third-order valence-electron chi connectivity index (χ3n) is 5.74. The number of ether oxygens (including phenoxy) is 1. The second kappa shape index (κ2) is 8.34. The van der Waals surface area contributed by atoms with Crippen LogP contribution in [0.3, 0.4) is 0 Å². The second-order valence-corrected chi connectivity index (χ2v) is 7.96. The number of carboxylic acid groups (broad SMARTS) is 1. The number of Topliss-reactive ketones (excluding diaryl/α,β-unsaturated/α-hetero) is 1. The van der Waals surface area contributed by atoms with Gasteiger partial charge in [0.1, 0.15) is 12.3 Å². The van der Waals surface area contributed by atoms with E-state index in [4.69, 9.17) is 16.3 Å². The Hall–Kier alpha value is -3.69. The molecular weight excluding hydrogens is 452 g/mol. The Bertz CT molecular complexity index is 1210. The monoisotopic (exact) mass is 470 g/mol. The maximum absolute atomic E-state index is 13.9. The van der Waals surface area contributed by atoms with E-state index >= 15 is 0 Å². The fourth-order valence-electron chi connectivity index (χ4n) is 4.39. The van der Waals surface area contributed by atoms with E-state index in [0.717, 1.165) is 9.80 Å². The van der Waals surface area contributed by atoms with Gasteiger partial charge in [-0.3, -0.25) is 24.1 Å². The van der Waals surface area contributed by atoms with Crippen LogP contribution in [-0.4, -0.2) is 65.5 Å². The average molecular weight is 471 g/mol. The van der Waals surface area contributed by atoms with E-state index in [1.54, 1.807) is 12.1 Å². The Morgan fingerprint density at radius 1 is 1.06 bits per heavy atom. The lowest BCUT2D eigenvalue weighted by Crippen LogP contribution is -2.53. The molecule has 2 amide bonds. The minimum absolute atomic E-state index is 0.00410. The van der Waals surface area contributed by atoms with Gasteiger partial charge in [0, 0.05) is 29.8 Å². The van der Waals surface area contributed by atoms with Crippen LogP contribution in [0.4, 0.5) is 5.69 Å². The van der Waals surface area contributed by atoms with E-state index in [2.05, 4.69) is 0 Å². The Kier molecular flexibility index (Phi) is 5.69. The van der Waals surface area contributed by atoms with Crippen LogP contribution in [0, 0.1) is 0 Å². The maximum atomic E-state index is 13.9. The number of amides is 2. The number of nitrogens with zero attached hydrogens (tertiary/aromatic N) is 2. The molecule has 1 spiro atoms. The molecule has 9 nitrogen and oxygen atoms in total. The molecule has 2 aliphatic heterocycles. The lowest BCUT2D eigenvalue weighted by Gasteiger charge is -2.34. The summed E-state index contributed by atoms with van der Waals surface area (Å²) in [5.74, 6) is -4.72. The van der Waals surface area contributed by atoms with Gasteiger partial charge in [-0.25, -0.2) is 0 Å². The largest absolute Gasteiger partial charge is 0.507 e. The number of methoxy groups -OCH3 is 1. The number of fused-ring (bicyclic) bond motifs is 2. The molecule has 10 heteroatoms. The van der Waals surface area contributed by atoms with Crippen molar-refractivity contribution in [3.8, 4) is 0 Å². The fourth-order valence-corrected chi connectivity index (χ4v) is 4.52. The maximum Gasteiger partial charge on any atom is 0.323 e. The van der Waals surface area contributed by atoms with E-state index < -0.39 is 47.0 Å². The summed E-state index contributed by atoms with van der Waals surface area (Å²) in [7, 11) is 1.40. The lowest BCUT2D eigenvalue weighted by molar-refractivity contribution is -0.144. The third kappa shape index (κ3) is 3.28. The molecule has 170 valence electrons. The van der Waals surface area contributed by atoms with Gasteiger partial charge in [0.2, 0.25) is 0 Å².